The number of nitrogens with one attached hydrogen (secondary N) is 1. The Morgan fingerprint density at radius 3 is 2.29 bits per heavy atom. The summed E-state index contributed by atoms with van der Waals surface area (Å²) >= 11 is 0. The van der Waals surface area contributed by atoms with E-state index in [9.17, 15) is 9.59 Å². The van der Waals surface area contributed by atoms with Gasteiger partial charge >= 0.3 is 6.03 Å². The topological polar surface area (TPSA) is 93.9 Å². The molecule has 7 nitrogen and oxygen atoms in total. The van der Waals surface area contributed by atoms with Gasteiger partial charge in [0.25, 0.3) is 0 Å². The van der Waals surface area contributed by atoms with Gasteiger partial charge in [0.05, 0.1) is 18.7 Å². The Morgan fingerprint density at radius 2 is 1.74 bits per heavy atom. The Morgan fingerprint density at radius 1 is 1.14 bits per heavy atom. The molecule has 1 heterocycles. The Balaban J connectivity index is 1.81. The molecule has 2 aromatic rings. The fourth-order valence-corrected chi connectivity index (χ4v) is 4.56. The van der Waals surface area contributed by atoms with Gasteiger partial charge in [0.2, 0.25) is 5.91 Å². The maximum atomic E-state index is 13.3. The highest BCUT2D eigenvalue weighted by Crippen LogP contribution is 2.46. The normalized spacial score (nSPS) is 18.4. The number of carbonyl (C=O) groups excluding carboxylic acids is 2. The average molecular weight is 480 g/mol. The van der Waals surface area contributed by atoms with Crippen molar-refractivity contribution in [2.75, 3.05) is 13.7 Å². The van der Waals surface area contributed by atoms with Crippen LogP contribution in [0.2, 0.25) is 0 Å². The first-order chi connectivity index (χ1) is 16.8. The van der Waals surface area contributed by atoms with Crippen LogP contribution >= 0.6 is 0 Å². The molecule has 0 bridgehead atoms. The second-order valence-corrected chi connectivity index (χ2v) is 9.08. The van der Waals surface area contributed by atoms with Crippen LogP contribution in [0, 0.1) is 12.3 Å². The third kappa shape index (κ3) is 5.41. The summed E-state index contributed by atoms with van der Waals surface area (Å²) in [6, 6.07) is 14.3. The molecule has 3 amide bonds. The van der Waals surface area contributed by atoms with Crippen molar-refractivity contribution in [1.29, 1.82) is 0 Å². The smallest absolute Gasteiger partial charge is 0.327 e. The molecule has 1 saturated heterocycles. The van der Waals surface area contributed by atoms with Crippen molar-refractivity contribution in [1.82, 2.24) is 10.2 Å². The maximum absolute atomic E-state index is 13.3. The fraction of sp³-hybridized carbons (Fsp3) is 0.429. The minimum Gasteiger partial charge on any atom is -0.469 e. The monoisotopic (exact) mass is 479 g/mol. The van der Waals surface area contributed by atoms with E-state index in [-0.39, 0.29) is 18.0 Å². The van der Waals surface area contributed by atoms with Crippen molar-refractivity contribution in [2.45, 2.75) is 58.3 Å². The summed E-state index contributed by atoms with van der Waals surface area (Å²) in [4.78, 5) is 27.8. The zero-order valence-electron chi connectivity index (χ0n) is 21.1. The number of amides is 3. The standard InChI is InChI=1S/C28H37N3O4/c1-6-9-24(21-12-10-19(4)11-13-21)30-27(33)31-25(32)28(7-2,8-3)26(31)35-22-16-14-20(15-17-22)23(29)18-34-5/h6,10-17,23-24,26H,1,7-9,18,29H2,2-5H3,(H,30,33)/t23-,24?,26?/m1/s1. The van der Waals surface area contributed by atoms with Crippen LogP contribution in [0.25, 0.3) is 0 Å². The Kier molecular flexibility index (Phi) is 8.70. The fourth-order valence-electron chi connectivity index (χ4n) is 4.56. The molecular formula is C28H37N3O4. The van der Waals surface area contributed by atoms with E-state index < -0.39 is 17.7 Å². The van der Waals surface area contributed by atoms with Crippen molar-refractivity contribution < 1.29 is 19.1 Å². The number of nitrogens with two attached hydrogens (primary N) is 1. The van der Waals surface area contributed by atoms with Crippen LogP contribution < -0.4 is 15.8 Å². The summed E-state index contributed by atoms with van der Waals surface area (Å²) in [6.07, 6.45) is 2.74. The van der Waals surface area contributed by atoms with Crippen molar-refractivity contribution in [3.8, 4) is 5.75 Å². The maximum Gasteiger partial charge on any atom is 0.327 e. The molecule has 1 aliphatic rings. The van der Waals surface area contributed by atoms with Crippen LogP contribution in [0.4, 0.5) is 4.79 Å². The Labute approximate surface area is 208 Å². The third-order valence-corrected chi connectivity index (χ3v) is 6.91. The van der Waals surface area contributed by atoms with Crippen LogP contribution in [0.15, 0.2) is 61.2 Å². The number of ether oxygens (including phenoxy) is 2. The quantitative estimate of drug-likeness (QED) is 0.349. The summed E-state index contributed by atoms with van der Waals surface area (Å²) in [5.74, 6) is 0.353. The van der Waals surface area contributed by atoms with Crippen molar-refractivity contribution in [2.24, 2.45) is 11.1 Å². The molecule has 2 aromatic carbocycles. The molecule has 3 rings (SSSR count). The van der Waals surface area contributed by atoms with Gasteiger partial charge in [-0.15, -0.1) is 6.58 Å². The van der Waals surface area contributed by atoms with E-state index in [4.69, 9.17) is 15.2 Å². The van der Waals surface area contributed by atoms with E-state index in [1.807, 2.05) is 69.3 Å². The SMILES string of the molecule is C=CCC(NC(=O)N1C(=O)C(CC)(CC)C1Oc1ccc([C@H](N)COC)cc1)c1ccc(C)cc1. The molecule has 3 atom stereocenters. The predicted octanol–water partition coefficient (Wildman–Crippen LogP) is 5.02. The number of aryl methyl sites for hydroxylation is 1. The number of β-lactam (4-membered cyclic amide) rings is 1. The van der Waals surface area contributed by atoms with Crippen molar-refractivity contribution in [3.63, 3.8) is 0 Å². The molecule has 0 saturated carbocycles. The number of likely N-dealkylation sites (tertiary alicyclic amines) is 1. The molecule has 0 aliphatic carbocycles. The highest BCUT2D eigenvalue weighted by Gasteiger charge is 2.63. The first kappa shape index (κ1) is 26.4. The van der Waals surface area contributed by atoms with Gasteiger partial charge in [0.1, 0.15) is 11.2 Å². The lowest BCUT2D eigenvalue weighted by molar-refractivity contribution is -0.191. The van der Waals surface area contributed by atoms with Gasteiger partial charge in [-0.25, -0.2) is 9.69 Å². The summed E-state index contributed by atoms with van der Waals surface area (Å²) in [5.41, 5.74) is 8.36. The third-order valence-electron chi connectivity index (χ3n) is 6.91. The number of methoxy groups -OCH3 is 1. The predicted molar refractivity (Wildman–Crippen MR) is 137 cm³/mol. The van der Waals surface area contributed by atoms with Crippen LogP contribution in [-0.4, -0.2) is 36.8 Å². The van der Waals surface area contributed by atoms with Gasteiger partial charge in [-0.3, -0.25) is 4.79 Å². The second-order valence-electron chi connectivity index (χ2n) is 9.08. The lowest BCUT2D eigenvalue weighted by atomic mass is 9.72. The van der Waals surface area contributed by atoms with Gasteiger partial charge in [-0.1, -0.05) is 61.9 Å². The first-order valence-electron chi connectivity index (χ1n) is 12.1. The van der Waals surface area contributed by atoms with E-state index in [2.05, 4.69) is 11.9 Å². The van der Waals surface area contributed by atoms with Crippen molar-refractivity contribution in [3.05, 3.63) is 77.9 Å². The molecule has 2 unspecified atom stereocenters. The molecule has 7 heteroatoms. The molecule has 0 spiro atoms. The second kappa shape index (κ2) is 11.5. The molecule has 35 heavy (non-hydrogen) atoms. The van der Waals surface area contributed by atoms with Crippen LogP contribution in [0.1, 0.15) is 61.9 Å². The first-order valence-corrected chi connectivity index (χ1v) is 12.1. The molecule has 1 fully saturated rings. The van der Waals surface area contributed by atoms with Gasteiger partial charge < -0.3 is 20.5 Å². The zero-order valence-corrected chi connectivity index (χ0v) is 21.1. The van der Waals surface area contributed by atoms with E-state index in [0.717, 1.165) is 16.7 Å². The van der Waals surface area contributed by atoms with E-state index in [1.165, 1.54) is 4.90 Å². The molecule has 1 aliphatic heterocycles. The minimum atomic E-state index is -0.750. The number of rotatable bonds is 11. The number of hydrogen-bond acceptors (Lipinski definition) is 5. The number of hydrogen-bond donors (Lipinski definition) is 2. The highest BCUT2D eigenvalue weighted by atomic mass is 16.5. The summed E-state index contributed by atoms with van der Waals surface area (Å²) in [6.45, 7) is 10.1. The Bertz CT molecular complexity index is 1020. The molecule has 188 valence electrons. The minimum absolute atomic E-state index is 0.218. The summed E-state index contributed by atoms with van der Waals surface area (Å²) in [7, 11) is 1.61. The number of carbonyl (C=O) groups is 2. The van der Waals surface area contributed by atoms with Crippen LogP contribution in [0.3, 0.4) is 0 Å². The molecule has 0 radical (unpaired) electrons. The van der Waals surface area contributed by atoms with Gasteiger partial charge in [0.15, 0.2) is 6.23 Å². The largest absolute Gasteiger partial charge is 0.469 e. The number of benzene rings is 2. The summed E-state index contributed by atoms with van der Waals surface area (Å²) < 4.78 is 11.4. The van der Waals surface area contributed by atoms with E-state index >= 15 is 0 Å². The molecular weight excluding hydrogens is 442 g/mol. The number of urea groups is 1. The van der Waals surface area contributed by atoms with Gasteiger partial charge in [-0.2, -0.15) is 0 Å². The van der Waals surface area contributed by atoms with Gasteiger partial charge in [-0.05, 0) is 49.4 Å². The highest BCUT2D eigenvalue weighted by molar-refractivity contribution is 6.03. The van der Waals surface area contributed by atoms with Crippen molar-refractivity contribution >= 4 is 11.9 Å². The van der Waals surface area contributed by atoms with E-state index in [0.29, 0.717) is 31.6 Å². The van der Waals surface area contributed by atoms with E-state index in [1.54, 1.807) is 13.2 Å². The zero-order chi connectivity index (χ0) is 25.6. The van der Waals surface area contributed by atoms with Gasteiger partial charge in [0, 0.05) is 7.11 Å². The number of nitrogens with zero attached hydrogens (tertiary/aromatic N) is 1. The lowest BCUT2D eigenvalue weighted by Gasteiger charge is -2.53. The van der Waals surface area contributed by atoms with Crippen LogP contribution in [0.5, 0.6) is 5.75 Å². The number of imide groups is 1. The molecule has 0 aromatic heterocycles. The molecule has 3 N–H and O–H groups in total. The average Bonchev–Trinajstić information content (AvgIpc) is 2.85. The lowest BCUT2D eigenvalue weighted by Crippen LogP contribution is -2.73. The Hall–Kier alpha value is -3.16. The van der Waals surface area contributed by atoms with Crippen LogP contribution in [-0.2, 0) is 9.53 Å². The summed E-state index contributed by atoms with van der Waals surface area (Å²) in [5, 5.41) is 3.01.